The van der Waals surface area contributed by atoms with E-state index >= 15 is 0 Å². The van der Waals surface area contributed by atoms with Gasteiger partial charge in [0.1, 0.15) is 0 Å². The van der Waals surface area contributed by atoms with Crippen molar-refractivity contribution in [2.75, 3.05) is 5.32 Å². The van der Waals surface area contributed by atoms with Gasteiger partial charge in [0.2, 0.25) is 0 Å². The van der Waals surface area contributed by atoms with Gasteiger partial charge in [-0.1, -0.05) is 66.2 Å². The van der Waals surface area contributed by atoms with Crippen LogP contribution in [0.4, 0.5) is 11.4 Å². The molecular formula is C22H17ClN2O2. The van der Waals surface area contributed by atoms with Crippen molar-refractivity contribution in [3.8, 4) is 0 Å². The van der Waals surface area contributed by atoms with Gasteiger partial charge in [0.15, 0.2) is 0 Å². The third-order valence-electron chi connectivity index (χ3n) is 5.77. The first-order valence-corrected chi connectivity index (χ1v) is 9.40. The van der Waals surface area contributed by atoms with Crippen molar-refractivity contribution in [2.45, 2.75) is 18.4 Å². The number of hydrogen-bond donors (Lipinski definition) is 1. The molecule has 1 N–H and O–H groups in total. The van der Waals surface area contributed by atoms with Crippen LogP contribution in [0.5, 0.6) is 0 Å². The number of non-ortho nitro benzene ring substituents is 1. The van der Waals surface area contributed by atoms with E-state index in [9.17, 15) is 10.1 Å². The van der Waals surface area contributed by atoms with Gasteiger partial charge < -0.3 is 5.32 Å². The Morgan fingerprint density at radius 2 is 1.89 bits per heavy atom. The number of fused-ring (bicyclic) bond motifs is 4. The zero-order valence-corrected chi connectivity index (χ0v) is 15.2. The molecule has 1 aliphatic carbocycles. The summed E-state index contributed by atoms with van der Waals surface area (Å²) in [7, 11) is 0. The van der Waals surface area contributed by atoms with Crippen LogP contribution in [0.3, 0.4) is 0 Å². The molecule has 4 nitrogen and oxygen atoms in total. The Bertz CT molecular complexity index is 1100. The minimum absolute atomic E-state index is 0.0446. The normalized spacial score (nSPS) is 22.9. The fourth-order valence-electron chi connectivity index (χ4n) is 4.58. The average molecular weight is 377 g/mol. The zero-order chi connectivity index (χ0) is 18.5. The molecular weight excluding hydrogens is 360 g/mol. The van der Waals surface area contributed by atoms with E-state index in [1.807, 2.05) is 6.07 Å². The Morgan fingerprint density at radius 3 is 2.74 bits per heavy atom. The molecule has 0 radical (unpaired) electrons. The molecule has 0 spiro atoms. The molecule has 3 aromatic rings. The molecule has 5 rings (SSSR count). The van der Waals surface area contributed by atoms with Gasteiger partial charge in [-0.25, -0.2) is 0 Å². The summed E-state index contributed by atoms with van der Waals surface area (Å²) < 4.78 is 0. The second-order valence-corrected chi connectivity index (χ2v) is 7.60. The van der Waals surface area contributed by atoms with E-state index in [0.29, 0.717) is 10.9 Å². The smallest absolute Gasteiger partial charge is 0.271 e. The summed E-state index contributed by atoms with van der Waals surface area (Å²) in [6.07, 6.45) is 5.28. The second-order valence-electron chi connectivity index (χ2n) is 7.19. The lowest BCUT2D eigenvalue weighted by atomic mass is 9.76. The highest BCUT2D eigenvalue weighted by atomic mass is 35.5. The highest BCUT2D eigenvalue weighted by molar-refractivity contribution is 6.33. The SMILES string of the molecule is O=[N+]([O-])c1cc(Cl)c2c(c1)[C@@H]1C=CC[C@H]1[C@H](c1cccc3ccccc13)N2. The average Bonchev–Trinajstić information content (AvgIpc) is 3.17. The van der Waals surface area contributed by atoms with E-state index in [-0.39, 0.29) is 22.6 Å². The van der Waals surface area contributed by atoms with E-state index in [4.69, 9.17) is 11.6 Å². The molecule has 3 atom stereocenters. The lowest BCUT2D eigenvalue weighted by Gasteiger charge is -2.38. The number of allylic oxidation sites excluding steroid dienone is 2. The first-order chi connectivity index (χ1) is 13.1. The fraction of sp³-hybridized carbons (Fsp3) is 0.182. The Balaban J connectivity index is 1.68. The maximum Gasteiger partial charge on any atom is 0.271 e. The summed E-state index contributed by atoms with van der Waals surface area (Å²) in [5.41, 5.74) is 3.02. The van der Waals surface area contributed by atoms with Crippen molar-refractivity contribution in [3.63, 3.8) is 0 Å². The molecule has 3 aromatic carbocycles. The number of nitrogens with zero attached hydrogens (tertiary/aromatic N) is 1. The molecule has 0 saturated carbocycles. The molecule has 0 saturated heterocycles. The summed E-state index contributed by atoms with van der Waals surface area (Å²) in [6, 6.07) is 18.0. The molecule has 134 valence electrons. The van der Waals surface area contributed by atoms with Gasteiger partial charge in [-0.2, -0.15) is 0 Å². The zero-order valence-electron chi connectivity index (χ0n) is 14.4. The van der Waals surface area contributed by atoms with Crippen LogP contribution in [0.1, 0.15) is 29.5 Å². The van der Waals surface area contributed by atoms with E-state index in [1.165, 1.54) is 22.4 Å². The van der Waals surface area contributed by atoms with Gasteiger partial charge in [0.05, 0.1) is 21.7 Å². The molecule has 1 heterocycles. The van der Waals surface area contributed by atoms with E-state index in [2.05, 4.69) is 53.9 Å². The van der Waals surface area contributed by atoms with Gasteiger partial charge >= 0.3 is 0 Å². The fourth-order valence-corrected chi connectivity index (χ4v) is 4.85. The van der Waals surface area contributed by atoms with Gasteiger partial charge in [0, 0.05) is 18.1 Å². The number of benzene rings is 3. The van der Waals surface area contributed by atoms with Crippen molar-refractivity contribution in [1.82, 2.24) is 0 Å². The van der Waals surface area contributed by atoms with Crippen LogP contribution in [0.15, 0.2) is 66.7 Å². The highest BCUT2D eigenvalue weighted by Crippen LogP contribution is 2.53. The summed E-state index contributed by atoms with van der Waals surface area (Å²) in [5.74, 6) is 0.434. The third kappa shape index (κ3) is 2.52. The van der Waals surface area contributed by atoms with E-state index in [0.717, 1.165) is 17.7 Å². The number of halogens is 1. The van der Waals surface area contributed by atoms with Crippen LogP contribution in [-0.4, -0.2) is 4.92 Å². The Morgan fingerprint density at radius 1 is 1.07 bits per heavy atom. The standard InChI is InChI=1S/C22H17ClN2O2/c23-20-12-14(25(26)27)11-19-16-8-4-10-18(16)21(24-22(19)20)17-9-3-6-13-5-1-2-7-15(13)17/h1-9,11-12,16,18,21,24H,10H2/t16-,18-,21+/m1/s1. The quantitative estimate of drug-likeness (QED) is 0.327. The molecule has 1 aliphatic heterocycles. The molecule has 0 aromatic heterocycles. The van der Waals surface area contributed by atoms with E-state index in [1.54, 1.807) is 6.07 Å². The number of nitrogens with one attached hydrogen (secondary N) is 1. The van der Waals surface area contributed by atoms with Crippen LogP contribution < -0.4 is 5.32 Å². The van der Waals surface area contributed by atoms with Crippen molar-refractivity contribution >= 4 is 33.7 Å². The number of nitro groups is 1. The van der Waals surface area contributed by atoms with Crippen molar-refractivity contribution in [2.24, 2.45) is 5.92 Å². The maximum absolute atomic E-state index is 11.3. The lowest BCUT2D eigenvalue weighted by molar-refractivity contribution is -0.384. The van der Waals surface area contributed by atoms with Crippen molar-refractivity contribution < 1.29 is 4.92 Å². The first-order valence-electron chi connectivity index (χ1n) is 9.02. The minimum Gasteiger partial charge on any atom is -0.376 e. The molecule has 27 heavy (non-hydrogen) atoms. The molecule has 5 heteroatoms. The summed E-state index contributed by atoms with van der Waals surface area (Å²) >= 11 is 6.46. The monoisotopic (exact) mass is 376 g/mol. The van der Waals surface area contributed by atoms with Gasteiger partial charge in [-0.3, -0.25) is 10.1 Å². The van der Waals surface area contributed by atoms with Crippen molar-refractivity contribution in [3.05, 3.63) is 93.0 Å². The van der Waals surface area contributed by atoms with Crippen molar-refractivity contribution in [1.29, 1.82) is 0 Å². The first kappa shape index (κ1) is 16.3. The van der Waals surface area contributed by atoms with Crippen LogP contribution in [0.25, 0.3) is 10.8 Å². The van der Waals surface area contributed by atoms with Crippen LogP contribution in [0, 0.1) is 16.0 Å². The maximum atomic E-state index is 11.3. The minimum atomic E-state index is -0.378. The lowest BCUT2D eigenvalue weighted by Crippen LogP contribution is -2.29. The van der Waals surface area contributed by atoms with Gasteiger partial charge in [0.25, 0.3) is 5.69 Å². The third-order valence-corrected chi connectivity index (χ3v) is 6.07. The number of hydrogen-bond acceptors (Lipinski definition) is 3. The second kappa shape index (κ2) is 6.10. The molecule has 2 aliphatic rings. The largest absolute Gasteiger partial charge is 0.376 e. The predicted molar refractivity (Wildman–Crippen MR) is 108 cm³/mol. The van der Waals surface area contributed by atoms with E-state index < -0.39 is 0 Å². The molecule has 0 bridgehead atoms. The van der Waals surface area contributed by atoms with Gasteiger partial charge in [-0.15, -0.1) is 0 Å². The molecule has 0 amide bonds. The molecule has 0 fully saturated rings. The highest BCUT2D eigenvalue weighted by Gasteiger charge is 2.40. The molecule has 0 unspecified atom stereocenters. The summed E-state index contributed by atoms with van der Waals surface area (Å²) in [4.78, 5) is 10.9. The van der Waals surface area contributed by atoms with Gasteiger partial charge in [-0.05, 0) is 34.2 Å². The summed E-state index contributed by atoms with van der Waals surface area (Å²) in [5, 5.41) is 17.7. The van der Waals surface area contributed by atoms with Crippen LogP contribution in [-0.2, 0) is 0 Å². The number of nitro benzene ring substituents is 1. The Hall–Kier alpha value is -2.85. The Labute approximate surface area is 161 Å². The summed E-state index contributed by atoms with van der Waals surface area (Å²) in [6.45, 7) is 0. The van der Waals surface area contributed by atoms with Crippen LogP contribution in [0.2, 0.25) is 5.02 Å². The Kier molecular flexibility index (Phi) is 3.69. The predicted octanol–water partition coefficient (Wildman–Crippen LogP) is 6.23. The number of rotatable bonds is 2. The van der Waals surface area contributed by atoms with Crippen LogP contribution >= 0.6 is 11.6 Å². The number of anilines is 1. The topological polar surface area (TPSA) is 55.2 Å².